The minimum atomic E-state index is 0.124. The topological polar surface area (TPSA) is 119 Å². The van der Waals surface area contributed by atoms with Crippen LogP contribution < -0.4 is 5.73 Å². The second kappa shape index (κ2) is 3.91. The molecule has 3 aromatic rings. The number of pyridine rings is 1. The third-order valence-electron chi connectivity index (χ3n) is 2.25. The van der Waals surface area contributed by atoms with Crippen molar-refractivity contribution >= 4 is 5.95 Å². The van der Waals surface area contributed by atoms with E-state index in [1.165, 1.54) is 0 Å². The second-order valence-electron chi connectivity index (χ2n) is 3.63. The van der Waals surface area contributed by atoms with E-state index in [9.17, 15) is 0 Å². The molecular weight excluding hydrogens is 234 g/mol. The first-order valence-corrected chi connectivity index (χ1v) is 5.18. The molecule has 3 heterocycles. The summed E-state index contributed by atoms with van der Waals surface area (Å²) in [6.45, 7) is 1.89. The predicted molar refractivity (Wildman–Crippen MR) is 62.1 cm³/mol. The quantitative estimate of drug-likeness (QED) is 0.683. The van der Waals surface area contributed by atoms with Gasteiger partial charge in [-0.1, -0.05) is 11.2 Å². The van der Waals surface area contributed by atoms with E-state index in [1.807, 2.05) is 19.1 Å². The number of anilines is 1. The molecule has 8 heteroatoms. The highest BCUT2D eigenvalue weighted by molar-refractivity contribution is 5.52. The Kier molecular flexibility index (Phi) is 2.26. The summed E-state index contributed by atoms with van der Waals surface area (Å²) in [4.78, 5) is 12.4. The second-order valence-corrected chi connectivity index (χ2v) is 3.63. The maximum Gasteiger partial charge on any atom is 0.295 e. The van der Waals surface area contributed by atoms with Gasteiger partial charge in [-0.15, -0.1) is 5.10 Å². The lowest BCUT2D eigenvalue weighted by atomic mass is 10.3. The number of rotatable bonds is 2. The minimum Gasteiger partial charge on any atom is -0.366 e. The standard InChI is InChI=1S/C10H9N7O/c1-5-3-2-4-6(12-5)7-13-9(18-17-7)8-14-10(11)16-15-8/h2-4H,1H3,(H3,11,14,15,16). The highest BCUT2D eigenvalue weighted by Gasteiger charge is 2.14. The van der Waals surface area contributed by atoms with Gasteiger partial charge in [0.25, 0.3) is 5.89 Å². The molecule has 0 radical (unpaired) electrons. The van der Waals surface area contributed by atoms with Crippen LogP contribution in [-0.2, 0) is 0 Å². The summed E-state index contributed by atoms with van der Waals surface area (Å²) in [6.07, 6.45) is 0. The van der Waals surface area contributed by atoms with Crippen LogP contribution in [0.15, 0.2) is 22.7 Å². The van der Waals surface area contributed by atoms with Gasteiger partial charge in [0.15, 0.2) is 0 Å². The van der Waals surface area contributed by atoms with Gasteiger partial charge in [0.2, 0.25) is 17.6 Å². The fourth-order valence-corrected chi connectivity index (χ4v) is 1.46. The summed E-state index contributed by atoms with van der Waals surface area (Å²) in [7, 11) is 0. The summed E-state index contributed by atoms with van der Waals surface area (Å²) in [5.74, 6) is 1.07. The van der Waals surface area contributed by atoms with Gasteiger partial charge in [-0.25, -0.2) is 4.98 Å². The Morgan fingerprint density at radius 1 is 1.22 bits per heavy atom. The van der Waals surface area contributed by atoms with Gasteiger partial charge < -0.3 is 10.3 Å². The smallest absolute Gasteiger partial charge is 0.295 e. The molecule has 0 unspecified atom stereocenters. The summed E-state index contributed by atoms with van der Waals surface area (Å²) < 4.78 is 5.07. The van der Waals surface area contributed by atoms with Crippen molar-refractivity contribution in [2.24, 2.45) is 0 Å². The number of aromatic amines is 1. The molecule has 3 N–H and O–H groups in total. The molecule has 8 nitrogen and oxygen atoms in total. The van der Waals surface area contributed by atoms with E-state index >= 15 is 0 Å². The molecule has 0 aliphatic heterocycles. The molecule has 0 atom stereocenters. The molecule has 90 valence electrons. The SMILES string of the molecule is Cc1cccc(-c2noc(-c3nc(N)n[nH]3)n2)n1. The lowest BCUT2D eigenvalue weighted by molar-refractivity contribution is 0.429. The molecule has 0 aliphatic rings. The lowest BCUT2D eigenvalue weighted by Crippen LogP contribution is -1.88. The Balaban J connectivity index is 1.99. The van der Waals surface area contributed by atoms with Gasteiger partial charge in [-0.2, -0.15) is 9.97 Å². The highest BCUT2D eigenvalue weighted by atomic mass is 16.5. The van der Waals surface area contributed by atoms with E-state index in [0.29, 0.717) is 17.3 Å². The van der Waals surface area contributed by atoms with Crippen molar-refractivity contribution in [2.45, 2.75) is 6.92 Å². The molecule has 0 spiro atoms. The van der Waals surface area contributed by atoms with Gasteiger partial charge in [0.05, 0.1) is 0 Å². The van der Waals surface area contributed by atoms with Crippen LogP contribution in [0.1, 0.15) is 5.69 Å². The van der Waals surface area contributed by atoms with Crippen LogP contribution in [0.2, 0.25) is 0 Å². The van der Waals surface area contributed by atoms with Crippen LogP contribution in [0, 0.1) is 6.92 Å². The first-order valence-electron chi connectivity index (χ1n) is 5.18. The van der Waals surface area contributed by atoms with E-state index in [-0.39, 0.29) is 11.8 Å². The Morgan fingerprint density at radius 2 is 2.11 bits per heavy atom. The first-order chi connectivity index (χ1) is 8.72. The largest absolute Gasteiger partial charge is 0.366 e. The summed E-state index contributed by atoms with van der Waals surface area (Å²) in [6, 6.07) is 5.57. The Hall–Kier alpha value is -2.77. The summed E-state index contributed by atoms with van der Waals surface area (Å²) in [5.41, 5.74) is 6.91. The number of nitrogens with two attached hydrogens (primary N) is 1. The van der Waals surface area contributed by atoms with Crippen molar-refractivity contribution < 1.29 is 4.52 Å². The van der Waals surface area contributed by atoms with Crippen LogP contribution in [0.5, 0.6) is 0 Å². The van der Waals surface area contributed by atoms with E-state index in [0.717, 1.165) is 5.69 Å². The average Bonchev–Trinajstić information content (AvgIpc) is 2.97. The molecule has 3 aromatic heterocycles. The molecule has 18 heavy (non-hydrogen) atoms. The normalized spacial score (nSPS) is 10.7. The zero-order chi connectivity index (χ0) is 12.5. The van der Waals surface area contributed by atoms with Crippen LogP contribution in [0.3, 0.4) is 0 Å². The van der Waals surface area contributed by atoms with Crippen molar-refractivity contribution in [3.8, 4) is 23.2 Å². The maximum atomic E-state index is 5.40. The van der Waals surface area contributed by atoms with Crippen molar-refractivity contribution in [3.63, 3.8) is 0 Å². The molecule has 0 saturated heterocycles. The number of aryl methyl sites for hydroxylation is 1. The minimum absolute atomic E-state index is 0.124. The molecular formula is C10H9N7O. The first kappa shape index (κ1) is 10.4. The summed E-state index contributed by atoms with van der Waals surface area (Å²) >= 11 is 0. The van der Waals surface area contributed by atoms with Crippen LogP contribution in [0.25, 0.3) is 23.2 Å². The molecule has 0 aromatic carbocycles. The average molecular weight is 243 g/mol. The third-order valence-corrected chi connectivity index (χ3v) is 2.25. The van der Waals surface area contributed by atoms with Gasteiger partial charge in [0.1, 0.15) is 5.69 Å². The fraction of sp³-hybridized carbons (Fsp3) is 0.100. The van der Waals surface area contributed by atoms with E-state index in [2.05, 4.69) is 30.3 Å². The molecule has 0 aliphatic carbocycles. The molecule has 3 rings (SSSR count). The lowest BCUT2D eigenvalue weighted by Gasteiger charge is -1.94. The number of hydrogen-bond donors (Lipinski definition) is 2. The van der Waals surface area contributed by atoms with Gasteiger partial charge in [-0.05, 0) is 19.1 Å². The van der Waals surface area contributed by atoms with Crippen LogP contribution >= 0.6 is 0 Å². The van der Waals surface area contributed by atoms with Crippen molar-refractivity contribution in [1.82, 2.24) is 30.3 Å². The van der Waals surface area contributed by atoms with Crippen molar-refractivity contribution in [3.05, 3.63) is 23.9 Å². The molecule has 0 bridgehead atoms. The number of aromatic nitrogens is 6. The van der Waals surface area contributed by atoms with Crippen LogP contribution in [0.4, 0.5) is 5.95 Å². The van der Waals surface area contributed by atoms with E-state index < -0.39 is 0 Å². The zero-order valence-electron chi connectivity index (χ0n) is 9.45. The number of hydrogen-bond acceptors (Lipinski definition) is 7. The highest BCUT2D eigenvalue weighted by Crippen LogP contribution is 2.18. The van der Waals surface area contributed by atoms with Crippen molar-refractivity contribution in [2.75, 3.05) is 5.73 Å². The monoisotopic (exact) mass is 243 g/mol. The Bertz CT molecular complexity index is 687. The van der Waals surface area contributed by atoms with Crippen LogP contribution in [-0.4, -0.2) is 30.3 Å². The van der Waals surface area contributed by atoms with Gasteiger partial charge >= 0.3 is 0 Å². The molecule has 0 fully saturated rings. The van der Waals surface area contributed by atoms with E-state index in [1.54, 1.807) is 6.07 Å². The van der Waals surface area contributed by atoms with Gasteiger partial charge in [0, 0.05) is 5.69 Å². The number of nitrogens with zero attached hydrogens (tertiary/aromatic N) is 5. The molecule has 0 saturated carbocycles. The Labute approximate surface area is 101 Å². The predicted octanol–water partition coefficient (Wildman–Crippen LogP) is 0.807. The van der Waals surface area contributed by atoms with Gasteiger partial charge in [-0.3, -0.25) is 5.10 Å². The zero-order valence-corrected chi connectivity index (χ0v) is 9.45. The third kappa shape index (κ3) is 1.79. The fourth-order valence-electron chi connectivity index (χ4n) is 1.46. The number of H-pyrrole nitrogens is 1. The number of nitrogens with one attached hydrogen (secondary N) is 1. The summed E-state index contributed by atoms with van der Waals surface area (Å²) in [5, 5.41) is 10.1. The molecule has 0 amide bonds. The number of nitrogen functional groups attached to an aromatic ring is 1. The maximum absolute atomic E-state index is 5.40. The van der Waals surface area contributed by atoms with E-state index in [4.69, 9.17) is 10.3 Å². The Morgan fingerprint density at radius 3 is 2.83 bits per heavy atom. The van der Waals surface area contributed by atoms with Crippen molar-refractivity contribution in [1.29, 1.82) is 0 Å².